The molecule has 2 aromatic heterocycles. The largest absolute Gasteiger partial charge is 0.385 e. The summed E-state index contributed by atoms with van der Waals surface area (Å²) in [6.07, 6.45) is 2.99. The molecule has 2 aromatic carbocycles. The fourth-order valence-corrected chi connectivity index (χ4v) is 7.83. The number of carbonyl (C=O) groups is 5. The van der Waals surface area contributed by atoms with Crippen LogP contribution >= 0.6 is 22.9 Å². The fourth-order valence-electron chi connectivity index (χ4n) is 6.85. The lowest BCUT2D eigenvalue weighted by Gasteiger charge is -2.35. The number of amides is 5. The second kappa shape index (κ2) is 15.8. The lowest BCUT2D eigenvalue weighted by molar-refractivity contribution is -0.137. The molecule has 7 rings (SSSR count). The first-order valence-corrected chi connectivity index (χ1v) is 18.9. The van der Waals surface area contributed by atoms with Crippen LogP contribution in [0.15, 0.2) is 48.7 Å². The van der Waals surface area contributed by atoms with Crippen molar-refractivity contribution in [3.63, 3.8) is 0 Å². The average molecular weight is 771 g/mol. The van der Waals surface area contributed by atoms with Gasteiger partial charge in [0.2, 0.25) is 17.7 Å². The van der Waals surface area contributed by atoms with Crippen molar-refractivity contribution < 1.29 is 24.0 Å². The molecule has 5 amide bonds. The van der Waals surface area contributed by atoms with Crippen LogP contribution in [0.2, 0.25) is 5.02 Å². The van der Waals surface area contributed by atoms with E-state index < -0.39 is 11.9 Å². The van der Waals surface area contributed by atoms with Crippen molar-refractivity contribution in [2.24, 2.45) is 0 Å². The van der Waals surface area contributed by atoms with Gasteiger partial charge in [0.25, 0.3) is 11.8 Å². The maximum atomic E-state index is 13.1. The summed E-state index contributed by atoms with van der Waals surface area (Å²) in [6.45, 7) is 6.83. The fraction of sp³-hybridized carbons (Fsp3) is 0.351. The number of benzene rings is 2. The van der Waals surface area contributed by atoms with E-state index in [0.717, 1.165) is 22.6 Å². The summed E-state index contributed by atoms with van der Waals surface area (Å²) in [5.74, 6) is 0.634. The number of nitrogens with one attached hydrogen (secondary N) is 4. The highest BCUT2D eigenvalue weighted by atomic mass is 35.5. The number of thiazole rings is 1. The van der Waals surface area contributed by atoms with E-state index in [4.69, 9.17) is 11.6 Å². The van der Waals surface area contributed by atoms with E-state index in [0.29, 0.717) is 89.9 Å². The summed E-state index contributed by atoms with van der Waals surface area (Å²) >= 11 is 7.47. The zero-order chi connectivity index (χ0) is 37.9. The van der Waals surface area contributed by atoms with Crippen LogP contribution < -0.4 is 26.2 Å². The molecule has 0 aliphatic carbocycles. The van der Waals surface area contributed by atoms with Gasteiger partial charge in [0.1, 0.15) is 28.4 Å². The third-order valence-electron chi connectivity index (χ3n) is 9.67. The van der Waals surface area contributed by atoms with Crippen molar-refractivity contribution in [2.45, 2.75) is 52.1 Å². The number of para-hydroxylation sites is 1. The molecule has 1 atom stereocenters. The highest BCUT2D eigenvalue weighted by Crippen LogP contribution is 2.33. The number of halogens is 1. The first-order valence-electron chi connectivity index (χ1n) is 17.7. The molecule has 4 N–H and O–H groups in total. The van der Waals surface area contributed by atoms with Gasteiger partial charge in [0.05, 0.1) is 16.9 Å². The summed E-state index contributed by atoms with van der Waals surface area (Å²) in [5, 5.41) is 12.7. The second-order valence-corrected chi connectivity index (χ2v) is 14.8. The van der Waals surface area contributed by atoms with Crippen molar-refractivity contribution in [1.29, 1.82) is 0 Å². The summed E-state index contributed by atoms with van der Waals surface area (Å²) in [4.78, 5) is 82.6. The molecule has 1 unspecified atom stereocenters. The number of carbonyl (C=O) groups excluding carboxylic acids is 5. The SMILES string of the molecule is Cc1nc(Nc2ncc(C(=O)Nc3c(C)cccc3Cl)s2)cc(N2CCN(C(=O)CCCNc3cccc4c3CN(C3CCC(=O)NC3=O)C4=O)CC2)n1. The molecule has 3 aliphatic rings. The molecule has 4 aromatic rings. The molecular weight excluding hydrogens is 732 g/mol. The van der Waals surface area contributed by atoms with Gasteiger partial charge in [-0.1, -0.05) is 41.1 Å². The van der Waals surface area contributed by atoms with Gasteiger partial charge in [-0.3, -0.25) is 29.3 Å². The first kappa shape index (κ1) is 36.7. The summed E-state index contributed by atoms with van der Waals surface area (Å²) in [6, 6.07) is 12.0. The van der Waals surface area contributed by atoms with E-state index in [1.165, 1.54) is 22.4 Å². The molecule has 0 saturated carbocycles. The molecule has 0 bridgehead atoms. The first-order chi connectivity index (χ1) is 26.0. The van der Waals surface area contributed by atoms with Gasteiger partial charge < -0.3 is 30.7 Å². The van der Waals surface area contributed by atoms with Crippen molar-refractivity contribution in [3.05, 3.63) is 81.1 Å². The van der Waals surface area contributed by atoms with Crippen LogP contribution in [0.1, 0.15) is 62.7 Å². The van der Waals surface area contributed by atoms with Gasteiger partial charge in [-0.25, -0.2) is 15.0 Å². The summed E-state index contributed by atoms with van der Waals surface area (Å²) < 4.78 is 0. The second-order valence-electron chi connectivity index (χ2n) is 13.3. The number of rotatable bonds is 11. The maximum Gasteiger partial charge on any atom is 0.267 e. The number of imide groups is 1. The molecule has 3 aliphatic heterocycles. The summed E-state index contributed by atoms with van der Waals surface area (Å²) in [5.41, 5.74) is 3.58. The van der Waals surface area contributed by atoms with Crippen LogP contribution in [-0.2, 0) is 20.9 Å². The number of aromatic nitrogens is 3. The van der Waals surface area contributed by atoms with Crippen molar-refractivity contribution in [3.8, 4) is 0 Å². The Hall–Kier alpha value is -5.61. The topological polar surface area (TPSA) is 182 Å². The lowest BCUT2D eigenvalue weighted by Crippen LogP contribution is -2.52. The quantitative estimate of drug-likeness (QED) is 0.125. The molecule has 2 saturated heterocycles. The lowest BCUT2D eigenvalue weighted by atomic mass is 10.0. The van der Waals surface area contributed by atoms with E-state index in [-0.39, 0.29) is 36.6 Å². The summed E-state index contributed by atoms with van der Waals surface area (Å²) in [7, 11) is 0. The van der Waals surface area contributed by atoms with Crippen LogP contribution in [0.4, 0.5) is 28.1 Å². The van der Waals surface area contributed by atoms with Crippen LogP contribution in [-0.4, -0.2) is 93.1 Å². The standard InChI is InChI=1S/C37H39ClN10O5S/c1-21-6-3-8-25(38)33(21)45-35(52)28-19-40-37(54-28)43-29-18-30(42-22(2)41-29)46-14-16-47(17-15-46)32(50)10-5-13-39-26-9-4-7-23-24(26)20-48(36(23)53)27-11-12-31(49)44-34(27)51/h3-4,6-9,18-19,27,39H,5,10-17,20H2,1-2H3,(H,45,52)(H,44,49,51)(H,40,41,42,43). The Labute approximate surface area is 320 Å². The molecule has 54 heavy (non-hydrogen) atoms. The van der Waals surface area contributed by atoms with Gasteiger partial charge in [0, 0.05) is 75.0 Å². The Morgan fingerprint density at radius 3 is 2.61 bits per heavy atom. The minimum Gasteiger partial charge on any atom is -0.385 e. The molecule has 5 heterocycles. The highest BCUT2D eigenvalue weighted by molar-refractivity contribution is 7.17. The van der Waals surface area contributed by atoms with E-state index in [1.807, 2.05) is 43.0 Å². The molecular formula is C37H39ClN10O5S. The molecule has 280 valence electrons. The predicted octanol–water partition coefficient (Wildman–Crippen LogP) is 4.50. The maximum absolute atomic E-state index is 13.1. The predicted molar refractivity (Wildman–Crippen MR) is 205 cm³/mol. The number of piperazine rings is 1. The number of nitrogens with zero attached hydrogens (tertiary/aromatic N) is 6. The van der Waals surface area contributed by atoms with Gasteiger partial charge in [-0.2, -0.15) is 0 Å². The molecule has 15 nitrogen and oxygen atoms in total. The monoisotopic (exact) mass is 770 g/mol. The Morgan fingerprint density at radius 1 is 1.04 bits per heavy atom. The number of piperidine rings is 1. The van der Waals surface area contributed by atoms with Crippen LogP contribution in [0.3, 0.4) is 0 Å². The Morgan fingerprint density at radius 2 is 1.83 bits per heavy atom. The Bertz CT molecular complexity index is 2120. The third-order valence-corrected chi connectivity index (χ3v) is 10.9. The molecule has 2 fully saturated rings. The molecule has 0 spiro atoms. The van der Waals surface area contributed by atoms with Crippen molar-refractivity contribution in [2.75, 3.05) is 53.6 Å². The van der Waals surface area contributed by atoms with Gasteiger partial charge >= 0.3 is 0 Å². The number of aryl methyl sites for hydroxylation is 2. The van der Waals surface area contributed by atoms with Gasteiger partial charge in [-0.15, -0.1) is 0 Å². The molecule has 0 radical (unpaired) electrons. The van der Waals surface area contributed by atoms with Crippen molar-refractivity contribution >= 4 is 80.6 Å². The van der Waals surface area contributed by atoms with Crippen LogP contribution in [0, 0.1) is 13.8 Å². The minimum atomic E-state index is -0.671. The average Bonchev–Trinajstić information content (AvgIpc) is 3.76. The van der Waals surface area contributed by atoms with Gasteiger partial charge in [-0.05, 0) is 50.5 Å². The van der Waals surface area contributed by atoms with Crippen LogP contribution in [0.5, 0.6) is 0 Å². The van der Waals surface area contributed by atoms with E-state index >= 15 is 0 Å². The zero-order valence-electron chi connectivity index (χ0n) is 29.8. The van der Waals surface area contributed by atoms with E-state index in [9.17, 15) is 24.0 Å². The van der Waals surface area contributed by atoms with Crippen LogP contribution in [0.25, 0.3) is 0 Å². The van der Waals surface area contributed by atoms with E-state index in [2.05, 4.69) is 41.1 Å². The number of hydrogen-bond acceptors (Lipinski definition) is 12. The Balaban J connectivity index is 0.876. The van der Waals surface area contributed by atoms with Gasteiger partial charge in [0.15, 0.2) is 5.13 Å². The number of fused-ring (bicyclic) bond motifs is 1. The highest BCUT2D eigenvalue weighted by Gasteiger charge is 2.39. The Kier molecular flexibility index (Phi) is 10.7. The normalized spacial score (nSPS) is 17.0. The number of anilines is 5. The smallest absolute Gasteiger partial charge is 0.267 e. The van der Waals surface area contributed by atoms with Crippen molar-refractivity contribution in [1.82, 2.24) is 30.1 Å². The van der Waals surface area contributed by atoms with E-state index in [1.54, 1.807) is 18.2 Å². The minimum absolute atomic E-state index is 0.0727. The number of hydrogen-bond donors (Lipinski definition) is 4. The zero-order valence-corrected chi connectivity index (χ0v) is 31.4. The molecule has 17 heteroatoms. The third kappa shape index (κ3) is 7.99.